The van der Waals surface area contributed by atoms with Gasteiger partial charge < -0.3 is 10.6 Å². The Hall–Kier alpha value is -1.82. The molecule has 1 aromatic carbocycles. The fraction of sp³-hybridized carbons (Fsp3) is 0.333. The van der Waals surface area contributed by atoms with E-state index in [2.05, 4.69) is 25.9 Å². The van der Waals surface area contributed by atoms with Crippen molar-refractivity contribution in [2.75, 3.05) is 23.7 Å². The van der Waals surface area contributed by atoms with E-state index in [1.165, 1.54) is 17.5 Å². The first-order valence-electron chi connectivity index (χ1n) is 6.99. The highest BCUT2D eigenvalue weighted by Crippen LogP contribution is 2.21. The number of rotatable bonds is 3. The van der Waals surface area contributed by atoms with E-state index in [1.807, 2.05) is 18.2 Å². The average Bonchev–Trinajstić information content (AvgIpc) is 2.98. The second-order valence-electron chi connectivity index (χ2n) is 5.25. The molecule has 5 nitrogen and oxygen atoms in total. The smallest absolute Gasteiger partial charge is 0.269 e. The van der Waals surface area contributed by atoms with Crippen molar-refractivity contribution in [3.63, 3.8) is 0 Å². The quantitative estimate of drug-likeness (QED) is 0.864. The lowest BCUT2D eigenvalue weighted by Crippen LogP contribution is -2.26. The van der Waals surface area contributed by atoms with E-state index in [1.54, 1.807) is 12.3 Å². The average molecular weight is 349 g/mol. The fourth-order valence-corrected chi connectivity index (χ4v) is 3.07. The third-order valence-corrected chi connectivity index (χ3v) is 4.46. The minimum absolute atomic E-state index is 0.0804. The van der Waals surface area contributed by atoms with Crippen molar-refractivity contribution in [1.29, 1.82) is 0 Å². The molecule has 0 saturated carbocycles. The van der Waals surface area contributed by atoms with Crippen molar-refractivity contribution in [3.05, 3.63) is 50.9 Å². The molecular weight excluding hydrogens is 332 g/mol. The zero-order valence-corrected chi connectivity index (χ0v) is 13.2. The van der Waals surface area contributed by atoms with Gasteiger partial charge in [-0.3, -0.25) is 4.79 Å². The predicted octanol–water partition coefficient (Wildman–Crippen LogP) is 2.24. The van der Waals surface area contributed by atoms with E-state index in [-0.39, 0.29) is 5.56 Å². The van der Waals surface area contributed by atoms with Gasteiger partial charge in [0, 0.05) is 29.3 Å². The molecule has 2 N–H and O–H groups in total. The minimum atomic E-state index is -0.0804. The van der Waals surface area contributed by atoms with Crippen LogP contribution in [0.2, 0.25) is 0 Å². The number of benzene rings is 1. The SMILES string of the molecule is Nc1ccc(Cn2ncc(N3CCCC3)cc2=O)c(Br)c1. The fourth-order valence-electron chi connectivity index (χ4n) is 2.54. The molecule has 0 bridgehead atoms. The summed E-state index contributed by atoms with van der Waals surface area (Å²) in [6, 6.07) is 7.23. The number of nitrogen functional groups attached to an aromatic ring is 1. The van der Waals surface area contributed by atoms with Crippen LogP contribution in [-0.2, 0) is 6.54 Å². The molecule has 110 valence electrons. The van der Waals surface area contributed by atoms with E-state index in [9.17, 15) is 4.79 Å². The number of nitrogens with zero attached hydrogens (tertiary/aromatic N) is 3. The van der Waals surface area contributed by atoms with E-state index < -0.39 is 0 Å². The van der Waals surface area contributed by atoms with Gasteiger partial charge in [0.1, 0.15) is 0 Å². The zero-order chi connectivity index (χ0) is 14.8. The third-order valence-electron chi connectivity index (χ3n) is 3.72. The second kappa shape index (κ2) is 5.89. The Bertz CT molecular complexity index is 707. The van der Waals surface area contributed by atoms with Gasteiger partial charge in [0.05, 0.1) is 18.4 Å². The monoisotopic (exact) mass is 348 g/mol. The van der Waals surface area contributed by atoms with Crippen molar-refractivity contribution >= 4 is 27.3 Å². The Morgan fingerprint density at radius 2 is 2.00 bits per heavy atom. The maximum atomic E-state index is 12.2. The number of halogens is 1. The molecular formula is C15H17BrN4O. The van der Waals surface area contributed by atoms with Gasteiger partial charge in [-0.1, -0.05) is 22.0 Å². The summed E-state index contributed by atoms with van der Waals surface area (Å²) in [4.78, 5) is 14.4. The normalized spacial score (nSPS) is 14.6. The first kappa shape index (κ1) is 14.1. The Kier molecular flexibility index (Phi) is 3.96. The molecule has 1 fully saturated rings. The van der Waals surface area contributed by atoms with Crippen LogP contribution in [0.5, 0.6) is 0 Å². The van der Waals surface area contributed by atoms with Crippen LogP contribution in [0.4, 0.5) is 11.4 Å². The van der Waals surface area contributed by atoms with Crippen LogP contribution in [0.25, 0.3) is 0 Å². The molecule has 0 amide bonds. The summed E-state index contributed by atoms with van der Waals surface area (Å²) in [7, 11) is 0. The van der Waals surface area contributed by atoms with Crippen LogP contribution in [0.1, 0.15) is 18.4 Å². The van der Waals surface area contributed by atoms with Crippen molar-refractivity contribution < 1.29 is 0 Å². The van der Waals surface area contributed by atoms with Gasteiger partial charge in [0.15, 0.2) is 0 Å². The maximum Gasteiger partial charge on any atom is 0.269 e. The summed E-state index contributed by atoms with van der Waals surface area (Å²) >= 11 is 3.47. The summed E-state index contributed by atoms with van der Waals surface area (Å²) in [6.07, 6.45) is 4.14. The second-order valence-corrected chi connectivity index (χ2v) is 6.11. The van der Waals surface area contributed by atoms with Gasteiger partial charge in [0.25, 0.3) is 5.56 Å². The number of anilines is 2. The van der Waals surface area contributed by atoms with Crippen LogP contribution in [0.15, 0.2) is 39.7 Å². The van der Waals surface area contributed by atoms with E-state index >= 15 is 0 Å². The number of aromatic nitrogens is 2. The highest BCUT2D eigenvalue weighted by atomic mass is 79.9. The molecule has 1 aliphatic rings. The Morgan fingerprint density at radius 1 is 1.24 bits per heavy atom. The van der Waals surface area contributed by atoms with Gasteiger partial charge in [-0.2, -0.15) is 5.10 Å². The zero-order valence-electron chi connectivity index (χ0n) is 11.6. The predicted molar refractivity (Wildman–Crippen MR) is 87.6 cm³/mol. The van der Waals surface area contributed by atoms with Crippen molar-refractivity contribution in [3.8, 4) is 0 Å². The third kappa shape index (κ3) is 3.10. The summed E-state index contributed by atoms with van der Waals surface area (Å²) in [5, 5.41) is 4.29. The lowest BCUT2D eigenvalue weighted by molar-refractivity contribution is 0.636. The molecule has 0 aliphatic carbocycles. The van der Waals surface area contributed by atoms with Crippen LogP contribution in [0.3, 0.4) is 0 Å². The summed E-state index contributed by atoms with van der Waals surface area (Å²) in [5.41, 5.74) is 8.23. The van der Waals surface area contributed by atoms with E-state index in [0.717, 1.165) is 28.8 Å². The molecule has 0 atom stereocenters. The molecule has 3 rings (SSSR count). The van der Waals surface area contributed by atoms with Crippen LogP contribution in [0, 0.1) is 0 Å². The molecule has 1 saturated heterocycles. The first-order chi connectivity index (χ1) is 10.1. The van der Waals surface area contributed by atoms with Gasteiger partial charge in [-0.15, -0.1) is 0 Å². The summed E-state index contributed by atoms with van der Waals surface area (Å²) in [6.45, 7) is 2.45. The summed E-state index contributed by atoms with van der Waals surface area (Å²) in [5.74, 6) is 0. The molecule has 0 unspecified atom stereocenters. The Labute approximate surface area is 131 Å². The Balaban J connectivity index is 1.84. The number of nitrogens with two attached hydrogens (primary N) is 1. The van der Waals surface area contributed by atoms with Crippen molar-refractivity contribution in [2.45, 2.75) is 19.4 Å². The molecule has 21 heavy (non-hydrogen) atoms. The lowest BCUT2D eigenvalue weighted by Gasteiger charge is -2.17. The molecule has 0 spiro atoms. The minimum Gasteiger partial charge on any atom is -0.399 e. The standard InChI is InChI=1S/C15H17BrN4O/c16-14-7-12(17)4-3-11(14)10-20-15(21)8-13(9-18-20)19-5-1-2-6-19/h3-4,7-9H,1-2,5-6,10,17H2. The van der Waals surface area contributed by atoms with Crippen LogP contribution < -0.4 is 16.2 Å². The van der Waals surface area contributed by atoms with Gasteiger partial charge in [-0.05, 0) is 30.5 Å². The highest BCUT2D eigenvalue weighted by molar-refractivity contribution is 9.10. The van der Waals surface area contributed by atoms with Crippen molar-refractivity contribution in [2.24, 2.45) is 0 Å². The van der Waals surface area contributed by atoms with E-state index in [4.69, 9.17) is 5.73 Å². The molecule has 1 aliphatic heterocycles. The Morgan fingerprint density at radius 3 is 2.67 bits per heavy atom. The summed E-state index contributed by atoms with van der Waals surface area (Å²) < 4.78 is 2.36. The number of hydrogen-bond acceptors (Lipinski definition) is 4. The van der Waals surface area contributed by atoms with Crippen LogP contribution in [-0.4, -0.2) is 22.9 Å². The highest BCUT2D eigenvalue weighted by Gasteiger charge is 2.14. The first-order valence-corrected chi connectivity index (χ1v) is 7.79. The van der Waals surface area contributed by atoms with Crippen molar-refractivity contribution in [1.82, 2.24) is 9.78 Å². The van der Waals surface area contributed by atoms with Gasteiger partial charge in [0.2, 0.25) is 0 Å². The van der Waals surface area contributed by atoms with Gasteiger partial charge >= 0.3 is 0 Å². The van der Waals surface area contributed by atoms with E-state index in [0.29, 0.717) is 12.2 Å². The van der Waals surface area contributed by atoms with Gasteiger partial charge in [-0.25, -0.2) is 4.68 Å². The number of hydrogen-bond donors (Lipinski definition) is 1. The maximum absolute atomic E-state index is 12.2. The molecule has 2 heterocycles. The topological polar surface area (TPSA) is 64.2 Å². The largest absolute Gasteiger partial charge is 0.399 e. The lowest BCUT2D eigenvalue weighted by atomic mass is 10.2. The molecule has 1 aromatic heterocycles. The molecule has 2 aromatic rings. The molecule has 0 radical (unpaired) electrons. The van der Waals surface area contributed by atoms with Crippen LogP contribution >= 0.6 is 15.9 Å². The molecule has 6 heteroatoms.